The maximum atomic E-state index is 12.4. The Kier molecular flexibility index (Phi) is 5.71. The minimum Gasteiger partial charge on any atom is -0.507 e. The van der Waals surface area contributed by atoms with E-state index in [-0.39, 0.29) is 11.3 Å². The number of hydrogen-bond acceptors (Lipinski definition) is 4. The van der Waals surface area contributed by atoms with Crippen molar-refractivity contribution in [1.29, 1.82) is 0 Å². The van der Waals surface area contributed by atoms with Gasteiger partial charge < -0.3 is 20.3 Å². The maximum Gasteiger partial charge on any atom is 0.265 e. The number of allylic oxidation sites excluding steroid dienone is 1. The summed E-state index contributed by atoms with van der Waals surface area (Å²) in [6.45, 7) is 1.68. The van der Waals surface area contributed by atoms with E-state index in [2.05, 4.69) is 10.6 Å². The minimum absolute atomic E-state index is 0.250. The van der Waals surface area contributed by atoms with Crippen LogP contribution in [0.1, 0.15) is 21.6 Å². The fraction of sp³-hybridized carbons (Fsp3) is 0.167. The van der Waals surface area contributed by atoms with E-state index in [1.807, 2.05) is 18.2 Å². The van der Waals surface area contributed by atoms with Crippen LogP contribution in [0.2, 0.25) is 0 Å². The van der Waals surface area contributed by atoms with E-state index in [1.54, 1.807) is 33.2 Å². The molecule has 0 fully saturated rings. The maximum absolute atomic E-state index is 12.4. The van der Waals surface area contributed by atoms with Crippen LogP contribution in [0.15, 0.2) is 41.2 Å². The number of thiocarbonyl (C=S) groups is 1. The summed E-state index contributed by atoms with van der Waals surface area (Å²) in [6, 6.07) is 8.67. The Morgan fingerprint density at radius 2 is 2.00 bits per heavy atom. The molecule has 0 unspecified atom stereocenters. The summed E-state index contributed by atoms with van der Waals surface area (Å²) in [7, 11) is 3.25. The molecule has 0 aliphatic heterocycles. The fourth-order valence-corrected chi connectivity index (χ4v) is 2.34. The van der Waals surface area contributed by atoms with Gasteiger partial charge in [0.05, 0.1) is 0 Å². The molecule has 2 aromatic rings. The number of ketones is 1. The fourth-order valence-electron chi connectivity index (χ4n) is 2.23. The highest BCUT2D eigenvalue weighted by molar-refractivity contribution is 7.80. The second-order valence-electron chi connectivity index (χ2n) is 5.40. The van der Waals surface area contributed by atoms with Crippen molar-refractivity contribution in [2.45, 2.75) is 6.92 Å². The summed E-state index contributed by atoms with van der Waals surface area (Å²) < 4.78 is 1.32. The van der Waals surface area contributed by atoms with Crippen LogP contribution in [0.5, 0.6) is 5.75 Å². The van der Waals surface area contributed by atoms with Crippen LogP contribution in [0.3, 0.4) is 0 Å². The molecule has 25 heavy (non-hydrogen) atoms. The van der Waals surface area contributed by atoms with Crippen molar-refractivity contribution >= 4 is 34.9 Å². The molecule has 7 heteroatoms. The third kappa shape index (κ3) is 4.13. The highest BCUT2D eigenvalue weighted by Crippen LogP contribution is 2.19. The molecular formula is C18H19N3O3S. The van der Waals surface area contributed by atoms with Gasteiger partial charge in [-0.3, -0.25) is 9.59 Å². The Bertz CT molecular complexity index is 916. The van der Waals surface area contributed by atoms with Crippen LogP contribution < -0.4 is 16.2 Å². The first-order chi connectivity index (χ1) is 11.8. The van der Waals surface area contributed by atoms with Crippen LogP contribution in [0.25, 0.3) is 6.08 Å². The molecule has 0 radical (unpaired) electrons. The van der Waals surface area contributed by atoms with Crippen molar-refractivity contribution in [3.8, 4) is 5.75 Å². The lowest BCUT2D eigenvalue weighted by Crippen LogP contribution is -2.25. The first-order valence-corrected chi connectivity index (χ1v) is 7.95. The number of carbonyl (C=O) groups excluding carboxylic acids is 1. The number of aromatic nitrogens is 1. The van der Waals surface area contributed by atoms with E-state index in [0.29, 0.717) is 16.5 Å². The molecule has 0 saturated carbocycles. The molecule has 0 spiro atoms. The number of pyridine rings is 1. The van der Waals surface area contributed by atoms with Crippen LogP contribution in [0.4, 0.5) is 5.69 Å². The topological polar surface area (TPSA) is 83.4 Å². The average molecular weight is 357 g/mol. The highest BCUT2D eigenvalue weighted by atomic mass is 32.1. The van der Waals surface area contributed by atoms with Gasteiger partial charge in [0.25, 0.3) is 5.56 Å². The predicted molar refractivity (Wildman–Crippen MR) is 103 cm³/mol. The lowest BCUT2D eigenvalue weighted by molar-refractivity contribution is 0.104. The van der Waals surface area contributed by atoms with E-state index in [1.165, 1.54) is 16.7 Å². The number of rotatable bonds is 4. The molecule has 3 N–H and O–H groups in total. The first kappa shape index (κ1) is 18.4. The number of nitrogens with one attached hydrogen (secondary N) is 2. The zero-order chi connectivity index (χ0) is 18.6. The van der Waals surface area contributed by atoms with Gasteiger partial charge in [-0.1, -0.05) is 18.2 Å². The molecule has 1 aromatic carbocycles. The second-order valence-corrected chi connectivity index (χ2v) is 5.81. The monoisotopic (exact) mass is 357 g/mol. The Hall–Kier alpha value is -2.93. The zero-order valence-corrected chi connectivity index (χ0v) is 15.0. The highest BCUT2D eigenvalue weighted by Gasteiger charge is 2.16. The summed E-state index contributed by atoms with van der Waals surface area (Å²) in [5, 5.41) is 16.2. The SMILES string of the molecule is CNC(=S)Nc1ccccc1/C=C/C(=O)c1c(O)cc(C)n(C)c1=O. The first-order valence-electron chi connectivity index (χ1n) is 7.55. The molecule has 130 valence electrons. The summed E-state index contributed by atoms with van der Waals surface area (Å²) in [4.78, 5) is 24.6. The zero-order valence-electron chi connectivity index (χ0n) is 14.2. The van der Waals surface area contributed by atoms with Crippen LogP contribution in [-0.2, 0) is 7.05 Å². The van der Waals surface area contributed by atoms with Crippen LogP contribution in [0, 0.1) is 6.92 Å². The van der Waals surface area contributed by atoms with Gasteiger partial charge in [0, 0.05) is 31.5 Å². The van der Waals surface area contributed by atoms with E-state index in [4.69, 9.17) is 12.2 Å². The lowest BCUT2D eigenvalue weighted by atomic mass is 10.1. The standard InChI is InChI=1S/C18H19N3O3S/c1-11-10-15(23)16(17(24)21(11)3)14(22)9-8-12-6-4-5-7-13(12)20-18(25)19-2/h4-10,23H,1-3H3,(H2,19,20,25)/b9-8+. The van der Waals surface area contributed by atoms with E-state index < -0.39 is 11.3 Å². The third-order valence-electron chi connectivity index (χ3n) is 3.75. The molecule has 0 aliphatic carbocycles. The predicted octanol–water partition coefficient (Wildman–Crippen LogP) is 2.21. The molecule has 2 rings (SSSR count). The van der Waals surface area contributed by atoms with E-state index in [9.17, 15) is 14.7 Å². The van der Waals surface area contributed by atoms with Crippen molar-refractivity contribution in [2.24, 2.45) is 7.05 Å². The molecule has 6 nitrogen and oxygen atoms in total. The molecule has 0 saturated heterocycles. The number of para-hydroxylation sites is 1. The third-order valence-corrected chi connectivity index (χ3v) is 4.05. The van der Waals surface area contributed by atoms with Gasteiger partial charge in [-0.25, -0.2) is 0 Å². The number of benzene rings is 1. The van der Waals surface area contributed by atoms with Crippen molar-refractivity contribution in [3.05, 3.63) is 63.6 Å². The van der Waals surface area contributed by atoms with E-state index >= 15 is 0 Å². The van der Waals surface area contributed by atoms with Crippen molar-refractivity contribution < 1.29 is 9.90 Å². The van der Waals surface area contributed by atoms with Crippen molar-refractivity contribution in [2.75, 3.05) is 12.4 Å². The number of carbonyl (C=O) groups is 1. The number of hydrogen-bond donors (Lipinski definition) is 3. The average Bonchev–Trinajstić information content (AvgIpc) is 2.59. The second kappa shape index (κ2) is 7.76. The van der Waals surface area contributed by atoms with Crippen molar-refractivity contribution in [1.82, 2.24) is 9.88 Å². The normalized spacial score (nSPS) is 10.7. The van der Waals surface area contributed by atoms with Gasteiger partial charge in [0.15, 0.2) is 10.9 Å². The Balaban J connectivity index is 2.35. The summed E-state index contributed by atoms with van der Waals surface area (Å²) in [6.07, 6.45) is 2.83. The molecular weight excluding hydrogens is 338 g/mol. The van der Waals surface area contributed by atoms with Gasteiger partial charge in [-0.05, 0) is 42.9 Å². The molecule has 0 aliphatic rings. The molecule has 0 amide bonds. The van der Waals surface area contributed by atoms with Gasteiger partial charge >= 0.3 is 0 Å². The summed E-state index contributed by atoms with van der Waals surface area (Å²) in [5.41, 5.74) is 1.22. The Labute approximate surface area is 150 Å². The summed E-state index contributed by atoms with van der Waals surface area (Å²) >= 11 is 5.08. The van der Waals surface area contributed by atoms with Gasteiger partial charge in [0.1, 0.15) is 11.3 Å². The summed E-state index contributed by atoms with van der Waals surface area (Å²) in [5.74, 6) is -0.887. The lowest BCUT2D eigenvalue weighted by Gasteiger charge is -2.10. The van der Waals surface area contributed by atoms with Crippen LogP contribution in [-0.4, -0.2) is 27.6 Å². The number of anilines is 1. The van der Waals surface area contributed by atoms with Crippen molar-refractivity contribution in [3.63, 3.8) is 0 Å². The molecule has 0 bridgehead atoms. The smallest absolute Gasteiger partial charge is 0.265 e. The van der Waals surface area contributed by atoms with E-state index in [0.717, 1.165) is 5.56 Å². The largest absolute Gasteiger partial charge is 0.507 e. The molecule has 1 aromatic heterocycles. The minimum atomic E-state index is -0.566. The van der Waals surface area contributed by atoms with Gasteiger partial charge in [0.2, 0.25) is 0 Å². The quantitative estimate of drug-likeness (QED) is 0.442. The van der Waals surface area contributed by atoms with Crippen LogP contribution >= 0.6 is 12.2 Å². The molecule has 0 atom stereocenters. The Morgan fingerprint density at radius 3 is 2.68 bits per heavy atom. The molecule has 1 heterocycles. The number of aryl methyl sites for hydroxylation is 1. The number of nitrogens with zero attached hydrogens (tertiary/aromatic N) is 1. The van der Waals surface area contributed by atoms with Gasteiger partial charge in [-0.15, -0.1) is 0 Å². The Morgan fingerprint density at radius 1 is 1.32 bits per heavy atom. The van der Waals surface area contributed by atoms with Gasteiger partial charge in [-0.2, -0.15) is 0 Å². The number of aromatic hydroxyl groups is 1.